The molecule has 10 rings (SSSR count). The van der Waals surface area contributed by atoms with Crippen LogP contribution in [0.4, 0.5) is 0 Å². The van der Waals surface area contributed by atoms with E-state index < -0.39 is 0 Å². The van der Waals surface area contributed by atoms with Crippen molar-refractivity contribution in [3.8, 4) is 22.6 Å². The number of rotatable bonds is 5. The number of aromatic amines is 1. The van der Waals surface area contributed by atoms with Gasteiger partial charge in [-0.15, -0.1) is 0 Å². The summed E-state index contributed by atoms with van der Waals surface area (Å²) in [5.41, 5.74) is 6.65. The van der Waals surface area contributed by atoms with Crippen molar-refractivity contribution in [3.63, 3.8) is 0 Å². The van der Waals surface area contributed by atoms with Gasteiger partial charge in [-0.3, -0.25) is 0 Å². The summed E-state index contributed by atoms with van der Waals surface area (Å²) in [7, 11) is 0. The Kier molecular flexibility index (Phi) is 8.80. The van der Waals surface area contributed by atoms with E-state index in [1.165, 1.54) is 111 Å². The highest BCUT2D eigenvalue weighted by atomic mass is 79.9. The minimum absolute atomic E-state index is 0.0291. The van der Waals surface area contributed by atoms with Gasteiger partial charge >= 0.3 is 0 Å². The maximum Gasteiger partial charge on any atom is 0.123 e. The van der Waals surface area contributed by atoms with Gasteiger partial charge in [-0.25, -0.2) is 0 Å². The molecule has 3 aromatic carbocycles. The van der Waals surface area contributed by atoms with Crippen LogP contribution in [0.2, 0.25) is 0 Å². The number of nitrogens with one attached hydrogen (secondary N) is 1. The number of piperidine rings is 2. The molecule has 2 unspecified atom stereocenters. The quantitative estimate of drug-likeness (QED) is 0.222. The Balaban J connectivity index is 0.000000142. The monoisotopic (exact) mass is 735 g/mol. The number of halogens is 1. The van der Waals surface area contributed by atoms with Crippen LogP contribution in [0, 0.1) is 11.8 Å². The van der Waals surface area contributed by atoms with Crippen molar-refractivity contribution in [2.45, 2.75) is 114 Å². The number of hydrogen-bond donors (Lipinski definition) is 1. The summed E-state index contributed by atoms with van der Waals surface area (Å²) in [6, 6.07) is 23.6. The van der Waals surface area contributed by atoms with Gasteiger partial charge in [0.15, 0.2) is 0 Å². The van der Waals surface area contributed by atoms with Gasteiger partial charge in [-0.05, 0) is 128 Å². The van der Waals surface area contributed by atoms with Gasteiger partial charge in [-0.1, -0.05) is 40.9 Å². The van der Waals surface area contributed by atoms with Crippen molar-refractivity contribution in [3.05, 3.63) is 82.5 Å². The van der Waals surface area contributed by atoms with Gasteiger partial charge in [-0.2, -0.15) is 0 Å². The van der Waals surface area contributed by atoms with Crippen molar-refractivity contribution in [1.82, 2.24) is 14.8 Å². The number of H-pyrrole nitrogens is 1. The van der Waals surface area contributed by atoms with Crippen LogP contribution in [0.1, 0.15) is 89.2 Å². The van der Waals surface area contributed by atoms with Gasteiger partial charge in [0.25, 0.3) is 0 Å². The summed E-state index contributed by atoms with van der Waals surface area (Å²) in [6.45, 7) is 9.65. The highest BCUT2D eigenvalue weighted by Gasteiger charge is 2.45. The number of fused-ring (bicyclic) bond motifs is 3. The fourth-order valence-corrected chi connectivity index (χ4v) is 10.3. The number of hydrogen-bond acceptors (Lipinski definition) is 4. The minimum Gasteiger partial charge on any atom is -0.487 e. The number of aromatic nitrogens is 1. The highest BCUT2D eigenvalue weighted by molar-refractivity contribution is 9.10. The predicted molar refractivity (Wildman–Crippen MR) is 207 cm³/mol. The Morgan fingerprint density at radius 3 is 1.74 bits per heavy atom. The zero-order valence-electron chi connectivity index (χ0n) is 30.1. The molecule has 6 aliphatic rings. The largest absolute Gasteiger partial charge is 0.487 e. The first-order chi connectivity index (χ1) is 24.3. The van der Waals surface area contributed by atoms with Crippen molar-refractivity contribution in [1.29, 1.82) is 0 Å². The van der Waals surface area contributed by atoms with Crippen molar-refractivity contribution < 1.29 is 9.47 Å². The second kappa shape index (κ2) is 13.3. The predicted octanol–water partition coefficient (Wildman–Crippen LogP) is 10.2. The molecule has 0 amide bonds. The molecule has 4 fully saturated rings. The standard InChI is InChI=1S/C26H30N2O.C18H24BrNO/c1-18(19-3-2-4-19)28-13-10-26(11-14-28)17-23-16-21(6-8-25(23)29-26)20-5-7-24-22(15-20)9-12-27-24;1-13(14-3-2-4-14)20-9-7-18(8-10-20)12-15-11-16(19)5-6-17(15)21-18/h5-9,12,15-16,18-19,27H,2-4,10-11,13-14,17H2,1H3;5-6,11,13-14H,2-4,7-10,12H2,1H3. The summed E-state index contributed by atoms with van der Waals surface area (Å²) in [5, 5.41) is 1.27. The first kappa shape index (κ1) is 33.1. The van der Waals surface area contributed by atoms with Gasteiger partial charge < -0.3 is 24.3 Å². The third-order valence-corrected chi connectivity index (χ3v) is 14.4. The smallest absolute Gasteiger partial charge is 0.123 e. The van der Waals surface area contributed by atoms with E-state index in [0.717, 1.165) is 65.6 Å². The molecule has 2 saturated carbocycles. The Labute approximate surface area is 307 Å². The summed E-state index contributed by atoms with van der Waals surface area (Å²) in [5.74, 6) is 4.11. The van der Waals surface area contributed by atoms with Crippen LogP contribution in [0.25, 0.3) is 22.0 Å². The van der Waals surface area contributed by atoms with E-state index in [0.29, 0.717) is 0 Å². The van der Waals surface area contributed by atoms with Crippen molar-refractivity contribution in [2.24, 2.45) is 11.8 Å². The van der Waals surface area contributed by atoms with Crippen LogP contribution < -0.4 is 9.47 Å². The van der Waals surface area contributed by atoms with Gasteiger partial charge in [0.05, 0.1) is 0 Å². The molecule has 2 atom stereocenters. The molecular weight excluding hydrogens is 682 g/mol. The molecule has 5 nitrogen and oxygen atoms in total. The average molecular weight is 737 g/mol. The van der Waals surface area contributed by atoms with Gasteiger partial charge in [0.1, 0.15) is 22.7 Å². The normalized spacial score (nSPS) is 24.0. The number of nitrogens with zero attached hydrogens (tertiary/aromatic N) is 2. The van der Waals surface area contributed by atoms with E-state index in [4.69, 9.17) is 9.47 Å². The topological polar surface area (TPSA) is 40.7 Å². The zero-order valence-corrected chi connectivity index (χ0v) is 31.6. The molecule has 5 heterocycles. The fourth-order valence-electron chi connectivity index (χ4n) is 9.92. The fraction of sp³-hybridized carbons (Fsp3) is 0.545. The summed E-state index contributed by atoms with van der Waals surface area (Å²) in [6.07, 6.45) is 17.5. The van der Waals surface area contributed by atoms with Crippen LogP contribution in [0.15, 0.2) is 71.3 Å². The average Bonchev–Trinajstić information content (AvgIpc) is 3.78. The molecule has 2 aliphatic carbocycles. The molecule has 4 aliphatic heterocycles. The molecule has 1 N–H and O–H groups in total. The molecule has 50 heavy (non-hydrogen) atoms. The van der Waals surface area contributed by atoms with E-state index in [2.05, 4.69) is 105 Å². The number of ether oxygens (including phenoxy) is 2. The van der Waals surface area contributed by atoms with Gasteiger partial charge in [0.2, 0.25) is 0 Å². The van der Waals surface area contributed by atoms with Crippen LogP contribution in [-0.4, -0.2) is 64.2 Å². The Morgan fingerprint density at radius 2 is 1.18 bits per heavy atom. The highest BCUT2D eigenvalue weighted by Crippen LogP contribution is 2.45. The maximum atomic E-state index is 6.58. The third kappa shape index (κ3) is 6.32. The van der Waals surface area contributed by atoms with Crippen LogP contribution in [0.5, 0.6) is 11.5 Å². The Morgan fingerprint density at radius 1 is 0.660 bits per heavy atom. The van der Waals surface area contributed by atoms with Crippen molar-refractivity contribution in [2.75, 3.05) is 26.2 Å². The summed E-state index contributed by atoms with van der Waals surface area (Å²) >= 11 is 3.57. The Hall–Kier alpha value is -2.80. The maximum absolute atomic E-state index is 6.58. The van der Waals surface area contributed by atoms with Gasteiger partial charge in [0, 0.05) is 93.0 Å². The van der Waals surface area contributed by atoms with E-state index in [1.54, 1.807) is 0 Å². The lowest BCUT2D eigenvalue weighted by molar-refractivity contribution is -0.00870. The third-order valence-electron chi connectivity index (χ3n) is 13.9. The van der Waals surface area contributed by atoms with E-state index in [1.807, 2.05) is 6.20 Å². The second-order valence-electron chi connectivity index (χ2n) is 16.7. The molecular formula is C44H54BrN3O2. The molecule has 4 aromatic rings. The lowest BCUT2D eigenvalue weighted by atomic mass is 9.78. The number of likely N-dealkylation sites (tertiary alicyclic amines) is 2. The molecule has 2 spiro atoms. The first-order valence-corrected chi connectivity index (χ1v) is 20.5. The van der Waals surface area contributed by atoms with E-state index in [9.17, 15) is 0 Å². The van der Waals surface area contributed by atoms with Crippen LogP contribution >= 0.6 is 15.9 Å². The first-order valence-electron chi connectivity index (χ1n) is 19.7. The Bertz CT molecular complexity index is 1830. The SMILES string of the molecule is CC(C1CCC1)N1CCC2(CC1)Cc1cc(-c3ccc4[nH]ccc4c3)ccc1O2.CC(C1CCC1)N1CCC2(CC1)Cc1cc(Br)ccc1O2. The number of benzene rings is 3. The molecule has 6 heteroatoms. The van der Waals surface area contributed by atoms with E-state index in [-0.39, 0.29) is 11.2 Å². The summed E-state index contributed by atoms with van der Waals surface area (Å²) < 4.78 is 14.1. The zero-order chi connectivity index (χ0) is 33.9. The van der Waals surface area contributed by atoms with Crippen LogP contribution in [0.3, 0.4) is 0 Å². The molecule has 0 bridgehead atoms. The summed E-state index contributed by atoms with van der Waals surface area (Å²) in [4.78, 5) is 8.71. The second-order valence-corrected chi connectivity index (χ2v) is 17.6. The van der Waals surface area contributed by atoms with Crippen molar-refractivity contribution >= 4 is 26.8 Å². The molecule has 0 radical (unpaired) electrons. The lowest BCUT2D eigenvalue weighted by Crippen LogP contribution is -2.52. The molecule has 264 valence electrons. The molecule has 1 aromatic heterocycles. The minimum atomic E-state index is 0.0291. The lowest BCUT2D eigenvalue weighted by Gasteiger charge is -2.45. The molecule has 2 saturated heterocycles. The van der Waals surface area contributed by atoms with Crippen LogP contribution in [-0.2, 0) is 12.8 Å². The van der Waals surface area contributed by atoms with E-state index >= 15 is 0 Å².